The second-order valence-corrected chi connectivity index (χ2v) is 7.28. The number of aliphatic hydroxyl groups is 1. The van der Waals surface area contributed by atoms with Crippen molar-refractivity contribution in [2.24, 2.45) is 0 Å². The quantitative estimate of drug-likeness (QED) is 0.405. The highest BCUT2D eigenvalue weighted by atomic mass is 19.4. The van der Waals surface area contributed by atoms with Crippen LogP contribution in [0.4, 0.5) is 13.2 Å². The van der Waals surface area contributed by atoms with E-state index in [0.29, 0.717) is 27.8 Å². The molecule has 1 aromatic heterocycles. The molecule has 8 heteroatoms. The van der Waals surface area contributed by atoms with Crippen molar-refractivity contribution in [3.05, 3.63) is 102 Å². The Morgan fingerprint density at radius 2 is 1.79 bits per heavy atom. The van der Waals surface area contributed by atoms with E-state index in [2.05, 4.69) is 10.3 Å². The van der Waals surface area contributed by atoms with Gasteiger partial charge in [-0.1, -0.05) is 18.2 Å². The molecule has 0 saturated heterocycles. The van der Waals surface area contributed by atoms with Crippen LogP contribution >= 0.6 is 0 Å². The van der Waals surface area contributed by atoms with Crippen LogP contribution in [0.25, 0.3) is 10.8 Å². The molecular formula is C25H19F3N2O3. The Hall–Kier alpha value is -3.91. The molecule has 0 spiro atoms. The van der Waals surface area contributed by atoms with Crippen LogP contribution in [0.3, 0.4) is 0 Å². The number of pyridine rings is 1. The zero-order valence-electron chi connectivity index (χ0n) is 17.2. The highest BCUT2D eigenvalue weighted by Gasteiger charge is 2.30. The summed E-state index contributed by atoms with van der Waals surface area (Å²) >= 11 is 0. The van der Waals surface area contributed by atoms with E-state index in [-0.39, 0.29) is 18.3 Å². The molecule has 1 heterocycles. The fraction of sp³-hybridized carbons (Fsp3) is 0.120. The molecule has 1 amide bonds. The van der Waals surface area contributed by atoms with E-state index >= 15 is 0 Å². The van der Waals surface area contributed by atoms with Gasteiger partial charge in [-0.05, 0) is 66.0 Å². The molecule has 1 atom stereocenters. The van der Waals surface area contributed by atoms with Crippen molar-refractivity contribution in [1.29, 1.82) is 0 Å². The number of nitrogens with zero attached hydrogens (tertiary/aromatic N) is 1. The predicted molar refractivity (Wildman–Crippen MR) is 117 cm³/mol. The van der Waals surface area contributed by atoms with Gasteiger partial charge in [-0.25, -0.2) is 0 Å². The van der Waals surface area contributed by atoms with Gasteiger partial charge >= 0.3 is 6.18 Å². The number of carbonyl (C=O) groups excluding carboxylic acids is 1. The second kappa shape index (κ2) is 9.30. The van der Waals surface area contributed by atoms with Crippen molar-refractivity contribution < 1.29 is 27.8 Å². The summed E-state index contributed by atoms with van der Waals surface area (Å²) in [6.07, 6.45) is -2.83. The fourth-order valence-electron chi connectivity index (χ4n) is 3.36. The molecule has 0 aliphatic heterocycles. The maximum Gasteiger partial charge on any atom is 0.416 e. The Kier molecular flexibility index (Phi) is 6.28. The predicted octanol–water partition coefficient (Wildman–Crippen LogP) is 5.51. The molecule has 5 nitrogen and oxygen atoms in total. The average molecular weight is 452 g/mol. The van der Waals surface area contributed by atoms with E-state index < -0.39 is 17.8 Å². The summed E-state index contributed by atoms with van der Waals surface area (Å²) in [7, 11) is 0. The minimum Gasteiger partial charge on any atom is -0.457 e. The fourth-order valence-corrected chi connectivity index (χ4v) is 3.36. The molecule has 3 aromatic carbocycles. The summed E-state index contributed by atoms with van der Waals surface area (Å²) < 4.78 is 44.1. The summed E-state index contributed by atoms with van der Waals surface area (Å²) in [5, 5.41) is 13.8. The van der Waals surface area contributed by atoms with Gasteiger partial charge in [0.2, 0.25) is 0 Å². The normalized spacial score (nSPS) is 12.4. The summed E-state index contributed by atoms with van der Waals surface area (Å²) in [6, 6.07) is 19.2. The van der Waals surface area contributed by atoms with Crippen LogP contribution in [0.15, 0.2) is 85.1 Å². The second-order valence-electron chi connectivity index (χ2n) is 7.28. The highest BCUT2D eigenvalue weighted by molar-refractivity contribution is 6.00. The maximum absolute atomic E-state index is 12.8. The zero-order chi connectivity index (χ0) is 23.4. The topological polar surface area (TPSA) is 71.5 Å². The number of hydrogen-bond acceptors (Lipinski definition) is 4. The first kappa shape index (κ1) is 22.3. The third kappa shape index (κ3) is 5.12. The minimum atomic E-state index is -4.42. The van der Waals surface area contributed by atoms with Crippen molar-refractivity contribution in [2.45, 2.75) is 12.2 Å². The standard InChI is InChI=1S/C25H19F3N2O3/c26-25(27,28)18-8-10-19(11-9-18)33-23-6-3-4-16-14-17(7-12-20(16)23)24(32)30-22(15-31)21-5-1-2-13-29-21/h1-14,22,31H,15H2,(H,30,32)/t22-/m1/s1. The lowest BCUT2D eigenvalue weighted by Crippen LogP contribution is -2.31. The molecule has 4 aromatic rings. The number of nitrogens with one attached hydrogen (secondary N) is 1. The Balaban J connectivity index is 1.55. The first-order chi connectivity index (χ1) is 15.8. The van der Waals surface area contributed by atoms with Crippen LogP contribution < -0.4 is 10.1 Å². The molecular weight excluding hydrogens is 433 g/mol. The van der Waals surface area contributed by atoms with Crippen LogP contribution in [0.5, 0.6) is 11.5 Å². The number of fused-ring (bicyclic) bond motifs is 1. The van der Waals surface area contributed by atoms with Crippen LogP contribution in [-0.2, 0) is 6.18 Å². The number of carbonyl (C=O) groups is 1. The molecule has 168 valence electrons. The highest BCUT2D eigenvalue weighted by Crippen LogP contribution is 2.33. The van der Waals surface area contributed by atoms with Crippen molar-refractivity contribution >= 4 is 16.7 Å². The Bertz CT molecular complexity index is 1260. The Morgan fingerprint density at radius 3 is 2.45 bits per heavy atom. The van der Waals surface area contributed by atoms with Gasteiger partial charge in [0.1, 0.15) is 11.5 Å². The van der Waals surface area contributed by atoms with E-state index in [1.54, 1.807) is 60.8 Å². The number of alkyl halides is 3. The average Bonchev–Trinajstić information content (AvgIpc) is 2.82. The van der Waals surface area contributed by atoms with Gasteiger partial charge in [-0.3, -0.25) is 9.78 Å². The smallest absolute Gasteiger partial charge is 0.416 e. The molecule has 2 N–H and O–H groups in total. The van der Waals surface area contributed by atoms with Gasteiger partial charge in [-0.15, -0.1) is 0 Å². The van der Waals surface area contributed by atoms with E-state index in [9.17, 15) is 23.1 Å². The Labute approximate surface area is 187 Å². The molecule has 0 aliphatic rings. The number of rotatable bonds is 6. The molecule has 0 bridgehead atoms. The number of aromatic nitrogens is 1. The number of aliphatic hydroxyl groups excluding tert-OH is 1. The molecule has 0 radical (unpaired) electrons. The van der Waals surface area contributed by atoms with Crippen LogP contribution in [-0.4, -0.2) is 22.6 Å². The molecule has 33 heavy (non-hydrogen) atoms. The van der Waals surface area contributed by atoms with Gasteiger partial charge in [0.25, 0.3) is 5.91 Å². The van der Waals surface area contributed by atoms with Gasteiger partial charge in [0.15, 0.2) is 0 Å². The maximum atomic E-state index is 12.8. The van der Waals surface area contributed by atoms with Gasteiger partial charge in [0, 0.05) is 17.1 Å². The lowest BCUT2D eigenvalue weighted by atomic mass is 10.0. The summed E-state index contributed by atoms with van der Waals surface area (Å²) in [4.78, 5) is 16.9. The van der Waals surface area contributed by atoms with E-state index in [1.807, 2.05) is 0 Å². The number of amides is 1. The van der Waals surface area contributed by atoms with Gasteiger partial charge in [0.05, 0.1) is 23.9 Å². The number of halogens is 3. The molecule has 4 rings (SSSR count). The summed E-state index contributed by atoms with van der Waals surface area (Å²) in [5.74, 6) is 0.329. The van der Waals surface area contributed by atoms with Crippen LogP contribution in [0.1, 0.15) is 27.7 Å². The largest absolute Gasteiger partial charge is 0.457 e. The van der Waals surface area contributed by atoms with Gasteiger partial charge < -0.3 is 15.2 Å². The first-order valence-electron chi connectivity index (χ1n) is 10.1. The summed E-state index contributed by atoms with van der Waals surface area (Å²) in [5.41, 5.74) is 0.167. The number of benzene rings is 3. The van der Waals surface area contributed by atoms with Crippen molar-refractivity contribution in [3.63, 3.8) is 0 Å². The van der Waals surface area contributed by atoms with Crippen LogP contribution in [0.2, 0.25) is 0 Å². The molecule has 0 unspecified atom stereocenters. The monoisotopic (exact) mass is 452 g/mol. The van der Waals surface area contributed by atoms with Crippen molar-refractivity contribution in [1.82, 2.24) is 10.3 Å². The zero-order valence-corrected chi connectivity index (χ0v) is 17.2. The van der Waals surface area contributed by atoms with E-state index in [0.717, 1.165) is 12.1 Å². The number of hydrogen-bond donors (Lipinski definition) is 2. The number of ether oxygens (including phenoxy) is 1. The third-order valence-corrected chi connectivity index (χ3v) is 5.04. The summed E-state index contributed by atoms with van der Waals surface area (Å²) in [6.45, 7) is -0.304. The third-order valence-electron chi connectivity index (χ3n) is 5.04. The first-order valence-corrected chi connectivity index (χ1v) is 10.1. The lowest BCUT2D eigenvalue weighted by molar-refractivity contribution is -0.137. The van der Waals surface area contributed by atoms with Crippen molar-refractivity contribution in [3.8, 4) is 11.5 Å². The molecule has 0 fully saturated rings. The molecule has 0 aliphatic carbocycles. The SMILES string of the molecule is O=C(N[C@H](CO)c1ccccn1)c1ccc2c(Oc3ccc(C(F)(F)F)cc3)cccc2c1. The van der Waals surface area contributed by atoms with Crippen LogP contribution in [0, 0.1) is 0 Å². The molecule has 0 saturated carbocycles. The Morgan fingerprint density at radius 1 is 1.00 bits per heavy atom. The van der Waals surface area contributed by atoms with E-state index in [1.165, 1.54) is 12.1 Å². The van der Waals surface area contributed by atoms with Gasteiger partial charge in [-0.2, -0.15) is 13.2 Å². The van der Waals surface area contributed by atoms with Crippen molar-refractivity contribution in [2.75, 3.05) is 6.61 Å². The van der Waals surface area contributed by atoms with E-state index in [4.69, 9.17) is 4.74 Å². The minimum absolute atomic E-state index is 0.262. The lowest BCUT2D eigenvalue weighted by Gasteiger charge is -2.16.